The Kier molecular flexibility index (Phi) is 3.70. The molecule has 2 rings (SSSR count). The van der Waals surface area contributed by atoms with Gasteiger partial charge in [-0.25, -0.2) is 8.78 Å². The molecule has 0 aliphatic carbocycles. The molecule has 4 heteroatoms. The Balaban J connectivity index is 2.17. The highest BCUT2D eigenvalue weighted by atomic mass is 19.1. The third-order valence-electron chi connectivity index (χ3n) is 3.22. The highest BCUT2D eigenvalue weighted by Crippen LogP contribution is 2.22. The van der Waals surface area contributed by atoms with Crippen molar-refractivity contribution < 1.29 is 8.78 Å². The fraction of sp³-hybridized carbons (Fsp3) is 0.462. The average molecular weight is 236 g/mol. The van der Waals surface area contributed by atoms with E-state index in [-0.39, 0.29) is 5.56 Å². The van der Waals surface area contributed by atoms with Crippen molar-refractivity contribution in [3.05, 3.63) is 34.9 Å². The molecule has 0 radical (unpaired) electrons. The van der Waals surface area contributed by atoms with Crippen molar-refractivity contribution in [3.8, 4) is 6.07 Å². The first-order chi connectivity index (χ1) is 8.20. The molecule has 1 saturated heterocycles. The van der Waals surface area contributed by atoms with Crippen molar-refractivity contribution in [2.24, 2.45) is 5.92 Å². The van der Waals surface area contributed by atoms with Crippen molar-refractivity contribution >= 4 is 0 Å². The fourth-order valence-corrected chi connectivity index (χ4v) is 2.23. The Morgan fingerprint density at radius 3 is 2.59 bits per heavy atom. The summed E-state index contributed by atoms with van der Waals surface area (Å²) in [7, 11) is 0. The van der Waals surface area contributed by atoms with Gasteiger partial charge in [0.05, 0.1) is 5.56 Å². The van der Waals surface area contributed by atoms with E-state index in [0.29, 0.717) is 17.9 Å². The molecule has 2 nitrogen and oxygen atoms in total. The molecular weight excluding hydrogens is 222 g/mol. The second-order valence-electron chi connectivity index (χ2n) is 4.43. The van der Waals surface area contributed by atoms with Crippen molar-refractivity contribution in [3.63, 3.8) is 0 Å². The van der Waals surface area contributed by atoms with Gasteiger partial charge in [-0.15, -0.1) is 0 Å². The monoisotopic (exact) mass is 236 g/mol. The molecule has 90 valence electrons. The first kappa shape index (κ1) is 12.0. The van der Waals surface area contributed by atoms with Gasteiger partial charge in [0, 0.05) is 6.07 Å². The summed E-state index contributed by atoms with van der Waals surface area (Å²) in [5.74, 6) is -0.901. The Bertz CT molecular complexity index is 445. The maximum absolute atomic E-state index is 13.6. The summed E-state index contributed by atoms with van der Waals surface area (Å²) in [6, 6.07) is 3.90. The molecule has 0 bridgehead atoms. The first-order valence-electron chi connectivity index (χ1n) is 5.79. The second kappa shape index (κ2) is 5.24. The Hall–Kier alpha value is -1.47. The zero-order valence-corrected chi connectivity index (χ0v) is 9.47. The Morgan fingerprint density at radius 2 is 1.94 bits per heavy atom. The van der Waals surface area contributed by atoms with Gasteiger partial charge in [-0.3, -0.25) is 0 Å². The summed E-state index contributed by atoms with van der Waals surface area (Å²) in [6.45, 7) is 1.89. The zero-order chi connectivity index (χ0) is 12.3. The molecule has 0 aromatic heterocycles. The predicted octanol–water partition coefficient (Wildman–Crippen LogP) is 2.38. The van der Waals surface area contributed by atoms with Gasteiger partial charge in [-0.1, -0.05) is 0 Å². The number of nitriles is 1. The highest BCUT2D eigenvalue weighted by Gasteiger charge is 2.17. The van der Waals surface area contributed by atoms with Crippen LogP contribution in [0.5, 0.6) is 0 Å². The molecule has 1 aromatic rings. The standard InChI is InChI=1S/C13H14F2N2/c14-12-7-13(15)11(8-16)6-10(12)5-9-1-3-17-4-2-9/h6-7,9,17H,1-5H2. The van der Waals surface area contributed by atoms with Crippen LogP contribution in [0.25, 0.3) is 0 Å². The quantitative estimate of drug-likeness (QED) is 0.855. The SMILES string of the molecule is N#Cc1cc(CC2CCNCC2)c(F)cc1F. The van der Waals surface area contributed by atoms with E-state index in [2.05, 4.69) is 5.32 Å². The van der Waals surface area contributed by atoms with Crippen LogP contribution in [0, 0.1) is 28.9 Å². The Labute approximate surface area is 99.3 Å². The average Bonchev–Trinajstić information content (AvgIpc) is 2.34. The Morgan fingerprint density at radius 1 is 1.24 bits per heavy atom. The van der Waals surface area contributed by atoms with Crippen LogP contribution >= 0.6 is 0 Å². The van der Waals surface area contributed by atoms with Crippen LogP contribution in [-0.2, 0) is 6.42 Å². The number of nitrogens with zero attached hydrogens (tertiary/aromatic N) is 1. The molecule has 1 heterocycles. The molecule has 1 aromatic carbocycles. The van der Waals surface area contributed by atoms with E-state index in [4.69, 9.17) is 5.26 Å². The zero-order valence-electron chi connectivity index (χ0n) is 9.47. The molecule has 0 atom stereocenters. The number of hydrogen-bond donors (Lipinski definition) is 1. The van der Waals surface area contributed by atoms with Gasteiger partial charge in [0.25, 0.3) is 0 Å². The number of benzene rings is 1. The van der Waals surface area contributed by atoms with Gasteiger partial charge >= 0.3 is 0 Å². The second-order valence-corrected chi connectivity index (χ2v) is 4.43. The molecule has 1 aliphatic heterocycles. The third-order valence-corrected chi connectivity index (χ3v) is 3.22. The smallest absolute Gasteiger partial charge is 0.143 e. The summed E-state index contributed by atoms with van der Waals surface area (Å²) < 4.78 is 26.7. The van der Waals surface area contributed by atoms with E-state index in [1.807, 2.05) is 0 Å². The summed E-state index contributed by atoms with van der Waals surface area (Å²) in [6.07, 6.45) is 2.58. The minimum Gasteiger partial charge on any atom is -0.317 e. The lowest BCUT2D eigenvalue weighted by Crippen LogP contribution is -2.28. The van der Waals surface area contributed by atoms with Gasteiger partial charge in [-0.2, -0.15) is 5.26 Å². The van der Waals surface area contributed by atoms with Crippen LogP contribution in [0.1, 0.15) is 24.0 Å². The van der Waals surface area contributed by atoms with E-state index >= 15 is 0 Å². The number of rotatable bonds is 2. The molecule has 1 N–H and O–H groups in total. The van der Waals surface area contributed by atoms with E-state index in [1.54, 1.807) is 6.07 Å². The van der Waals surface area contributed by atoms with E-state index in [1.165, 1.54) is 6.07 Å². The molecular formula is C13H14F2N2. The number of hydrogen-bond acceptors (Lipinski definition) is 2. The molecule has 1 aliphatic rings. The lowest BCUT2D eigenvalue weighted by Gasteiger charge is -2.22. The maximum atomic E-state index is 13.6. The van der Waals surface area contributed by atoms with Gasteiger partial charge in [0.2, 0.25) is 0 Å². The van der Waals surface area contributed by atoms with Gasteiger partial charge < -0.3 is 5.32 Å². The molecule has 0 saturated carbocycles. The topological polar surface area (TPSA) is 35.8 Å². The maximum Gasteiger partial charge on any atom is 0.143 e. The van der Waals surface area contributed by atoms with Crippen molar-refractivity contribution in [2.75, 3.05) is 13.1 Å². The van der Waals surface area contributed by atoms with E-state index in [9.17, 15) is 8.78 Å². The van der Waals surface area contributed by atoms with Gasteiger partial charge in [0.1, 0.15) is 17.7 Å². The van der Waals surface area contributed by atoms with Crippen LogP contribution in [0.2, 0.25) is 0 Å². The van der Waals surface area contributed by atoms with Crippen molar-refractivity contribution in [1.29, 1.82) is 5.26 Å². The first-order valence-corrected chi connectivity index (χ1v) is 5.79. The van der Waals surface area contributed by atoms with Crippen LogP contribution in [0.15, 0.2) is 12.1 Å². The minimum atomic E-state index is -0.779. The van der Waals surface area contributed by atoms with Crippen LogP contribution in [0.4, 0.5) is 8.78 Å². The molecule has 1 fully saturated rings. The predicted molar refractivity (Wildman–Crippen MR) is 60.4 cm³/mol. The number of nitrogens with one attached hydrogen (secondary N) is 1. The van der Waals surface area contributed by atoms with E-state index in [0.717, 1.165) is 32.0 Å². The lowest BCUT2D eigenvalue weighted by molar-refractivity contribution is 0.368. The normalized spacial score (nSPS) is 16.8. The largest absolute Gasteiger partial charge is 0.317 e. The molecule has 0 unspecified atom stereocenters. The van der Waals surface area contributed by atoms with Crippen LogP contribution in [-0.4, -0.2) is 13.1 Å². The van der Waals surface area contributed by atoms with E-state index < -0.39 is 11.6 Å². The van der Waals surface area contributed by atoms with Gasteiger partial charge in [0.15, 0.2) is 0 Å². The van der Waals surface area contributed by atoms with Crippen LogP contribution in [0.3, 0.4) is 0 Å². The fourth-order valence-electron chi connectivity index (χ4n) is 2.23. The van der Waals surface area contributed by atoms with Crippen LogP contribution < -0.4 is 5.32 Å². The van der Waals surface area contributed by atoms with Crippen molar-refractivity contribution in [2.45, 2.75) is 19.3 Å². The highest BCUT2D eigenvalue weighted by molar-refractivity contribution is 5.35. The summed E-state index contributed by atoms with van der Waals surface area (Å²) >= 11 is 0. The minimum absolute atomic E-state index is 0.0738. The van der Waals surface area contributed by atoms with Crippen molar-refractivity contribution in [1.82, 2.24) is 5.32 Å². The molecule has 0 amide bonds. The third kappa shape index (κ3) is 2.80. The summed E-state index contributed by atoms with van der Waals surface area (Å²) in [4.78, 5) is 0. The summed E-state index contributed by atoms with van der Waals surface area (Å²) in [5, 5.41) is 12.0. The molecule has 0 spiro atoms. The van der Waals surface area contributed by atoms with Gasteiger partial charge in [-0.05, 0) is 49.9 Å². The lowest BCUT2D eigenvalue weighted by atomic mass is 9.90. The number of piperidine rings is 1. The number of halogens is 2. The molecule has 17 heavy (non-hydrogen) atoms. The summed E-state index contributed by atoms with van der Waals surface area (Å²) in [5.41, 5.74) is 0.380.